The zero-order valence-electron chi connectivity index (χ0n) is 24.5. The molecule has 1 atom stereocenters. The fourth-order valence-corrected chi connectivity index (χ4v) is 3.88. The van der Waals surface area contributed by atoms with Gasteiger partial charge in [-0.05, 0) is 19.4 Å². The molecule has 0 bridgehead atoms. The fourth-order valence-electron chi connectivity index (χ4n) is 3.88. The van der Waals surface area contributed by atoms with Crippen LogP contribution in [-0.2, 0) is 23.7 Å². The Labute approximate surface area is 247 Å². The first-order valence-electron chi connectivity index (χ1n) is 14.3. The normalized spacial score (nSPS) is 13.2. The van der Waals surface area contributed by atoms with Gasteiger partial charge in [-0.3, -0.25) is 4.79 Å². The molecule has 42 heavy (non-hydrogen) atoms. The number of nitrogens with zero attached hydrogens (tertiary/aromatic N) is 1. The number of aliphatic hydroxyl groups is 8. The van der Waals surface area contributed by atoms with Gasteiger partial charge in [0.05, 0.1) is 85.3 Å². The second-order valence-electron chi connectivity index (χ2n) is 10.3. The van der Waals surface area contributed by atoms with Gasteiger partial charge in [0.15, 0.2) is 0 Å². The number of carbonyl (C=O) groups excluding carboxylic acids is 1. The standard InChI is InChI=1S/C26H55N3O13/c27-25(26(28)38)3-1-2-4-29(5-19(15-39-21(7-30)8-31)16-40-22(9-32)10-33)6-20(17-41-23(11-34)12-35)18-42-24(13-36)14-37/h19-25,30-37H,1-18,27H2,(H2,28,38)/t25-/m1/s1. The Morgan fingerprint density at radius 3 is 1.14 bits per heavy atom. The van der Waals surface area contributed by atoms with E-state index in [2.05, 4.69) is 0 Å². The van der Waals surface area contributed by atoms with E-state index < -0.39 is 89.2 Å². The maximum Gasteiger partial charge on any atom is 0.234 e. The molecule has 1 amide bonds. The van der Waals surface area contributed by atoms with Crippen LogP contribution in [0.5, 0.6) is 0 Å². The Balaban J connectivity index is 5.79. The lowest BCUT2D eigenvalue weighted by atomic mass is 10.1. The number of unbranched alkanes of at least 4 members (excludes halogenated alkanes) is 1. The number of nitrogens with two attached hydrogens (primary N) is 2. The van der Waals surface area contributed by atoms with Crippen molar-refractivity contribution in [2.24, 2.45) is 23.3 Å². The second kappa shape index (κ2) is 26.3. The predicted octanol–water partition coefficient (Wildman–Crippen LogP) is -5.02. The molecule has 0 spiro atoms. The Kier molecular flexibility index (Phi) is 25.6. The first-order chi connectivity index (χ1) is 20.2. The van der Waals surface area contributed by atoms with Crippen LogP contribution >= 0.6 is 0 Å². The molecule has 0 aliphatic carbocycles. The Morgan fingerprint density at radius 2 is 0.881 bits per heavy atom. The van der Waals surface area contributed by atoms with Crippen molar-refractivity contribution in [3.05, 3.63) is 0 Å². The van der Waals surface area contributed by atoms with Crippen molar-refractivity contribution in [3.63, 3.8) is 0 Å². The topological polar surface area (TPSA) is 271 Å². The van der Waals surface area contributed by atoms with Gasteiger partial charge in [0.25, 0.3) is 0 Å². The smallest absolute Gasteiger partial charge is 0.234 e. The summed E-state index contributed by atoms with van der Waals surface area (Å²) in [5, 5.41) is 75.3. The van der Waals surface area contributed by atoms with Crippen molar-refractivity contribution in [2.75, 3.05) is 98.9 Å². The molecule has 0 saturated carbocycles. The summed E-state index contributed by atoms with van der Waals surface area (Å²) in [5.41, 5.74) is 11.0. The number of amides is 1. The molecule has 16 heteroatoms. The first kappa shape index (κ1) is 40.9. The van der Waals surface area contributed by atoms with E-state index >= 15 is 0 Å². The van der Waals surface area contributed by atoms with Crippen molar-refractivity contribution in [1.82, 2.24) is 4.90 Å². The summed E-state index contributed by atoms with van der Waals surface area (Å²) in [6, 6.07) is -0.770. The minimum absolute atomic E-state index is 0.0737. The molecule has 0 saturated heterocycles. The van der Waals surface area contributed by atoms with Crippen molar-refractivity contribution < 1.29 is 64.6 Å². The van der Waals surface area contributed by atoms with Crippen LogP contribution in [-0.4, -0.2) is 181 Å². The number of primary amides is 1. The number of rotatable bonds is 30. The molecule has 0 fully saturated rings. The average Bonchev–Trinajstić information content (AvgIpc) is 3.00. The van der Waals surface area contributed by atoms with E-state index in [0.717, 1.165) is 0 Å². The van der Waals surface area contributed by atoms with E-state index in [-0.39, 0.29) is 38.3 Å². The van der Waals surface area contributed by atoms with Crippen molar-refractivity contribution >= 4 is 5.91 Å². The molecular formula is C26H55N3O13. The number of hydrogen-bond acceptors (Lipinski definition) is 15. The maximum absolute atomic E-state index is 11.3. The number of hydrogen-bond donors (Lipinski definition) is 10. The van der Waals surface area contributed by atoms with E-state index in [4.69, 9.17) is 30.4 Å². The number of carbonyl (C=O) groups is 1. The van der Waals surface area contributed by atoms with E-state index in [1.807, 2.05) is 4.90 Å². The first-order valence-corrected chi connectivity index (χ1v) is 14.3. The van der Waals surface area contributed by atoms with Gasteiger partial charge in [-0.15, -0.1) is 0 Å². The van der Waals surface area contributed by atoms with Crippen LogP contribution in [0.3, 0.4) is 0 Å². The van der Waals surface area contributed by atoms with Gasteiger partial charge in [-0.2, -0.15) is 0 Å². The Hall–Kier alpha value is -1.09. The SMILES string of the molecule is NC(=O)[C@H](N)CCCCN(CC(COC(CO)CO)COC(CO)CO)CC(COC(CO)CO)COC(CO)CO. The predicted molar refractivity (Wildman–Crippen MR) is 150 cm³/mol. The molecule has 12 N–H and O–H groups in total. The highest BCUT2D eigenvalue weighted by Crippen LogP contribution is 2.14. The van der Waals surface area contributed by atoms with E-state index in [0.29, 0.717) is 38.9 Å². The molecule has 0 aliphatic heterocycles. The summed E-state index contributed by atoms with van der Waals surface area (Å²) < 4.78 is 22.6. The number of ether oxygens (including phenoxy) is 4. The highest BCUT2D eigenvalue weighted by atomic mass is 16.5. The molecule has 0 aromatic heterocycles. The van der Waals surface area contributed by atoms with Crippen LogP contribution < -0.4 is 11.5 Å². The molecule has 0 unspecified atom stereocenters. The lowest BCUT2D eigenvalue weighted by Crippen LogP contribution is -2.42. The van der Waals surface area contributed by atoms with Crippen LogP contribution in [0.15, 0.2) is 0 Å². The molecule has 252 valence electrons. The van der Waals surface area contributed by atoms with Gasteiger partial charge < -0.3 is 76.2 Å². The Morgan fingerprint density at radius 1 is 0.571 bits per heavy atom. The third-order valence-corrected chi connectivity index (χ3v) is 6.54. The van der Waals surface area contributed by atoms with Crippen molar-refractivity contribution in [2.45, 2.75) is 49.7 Å². The third kappa shape index (κ3) is 19.2. The minimum atomic E-state index is -0.805. The minimum Gasteiger partial charge on any atom is -0.394 e. The monoisotopic (exact) mass is 617 g/mol. The van der Waals surface area contributed by atoms with Gasteiger partial charge in [0.1, 0.15) is 24.4 Å². The molecule has 0 aromatic carbocycles. The maximum atomic E-state index is 11.3. The summed E-state index contributed by atoms with van der Waals surface area (Å²) in [6.07, 6.45) is -1.61. The molecule has 0 heterocycles. The number of aliphatic hydroxyl groups excluding tert-OH is 8. The van der Waals surface area contributed by atoms with E-state index in [1.54, 1.807) is 0 Å². The van der Waals surface area contributed by atoms with Crippen LogP contribution in [0.1, 0.15) is 19.3 Å². The largest absolute Gasteiger partial charge is 0.394 e. The molecule has 0 rings (SSSR count). The quantitative estimate of drug-likeness (QED) is 0.0338. The zero-order valence-corrected chi connectivity index (χ0v) is 24.5. The highest BCUT2D eigenvalue weighted by Gasteiger charge is 2.24. The molecule has 16 nitrogen and oxygen atoms in total. The van der Waals surface area contributed by atoms with Gasteiger partial charge in [-0.1, -0.05) is 6.42 Å². The van der Waals surface area contributed by atoms with E-state index in [1.165, 1.54) is 0 Å². The molecule has 0 aliphatic rings. The summed E-state index contributed by atoms with van der Waals surface area (Å²) in [4.78, 5) is 13.4. The van der Waals surface area contributed by atoms with Crippen LogP contribution in [0.4, 0.5) is 0 Å². The molecular weight excluding hydrogens is 562 g/mol. The average molecular weight is 618 g/mol. The van der Waals surface area contributed by atoms with Crippen LogP contribution in [0.25, 0.3) is 0 Å². The lowest BCUT2D eigenvalue weighted by molar-refractivity contribution is -0.119. The van der Waals surface area contributed by atoms with Gasteiger partial charge in [-0.25, -0.2) is 0 Å². The zero-order chi connectivity index (χ0) is 31.8. The van der Waals surface area contributed by atoms with Crippen molar-refractivity contribution in [1.29, 1.82) is 0 Å². The highest BCUT2D eigenvalue weighted by molar-refractivity contribution is 5.79. The Bertz CT molecular complexity index is 554. The summed E-state index contributed by atoms with van der Waals surface area (Å²) in [7, 11) is 0. The van der Waals surface area contributed by atoms with Gasteiger partial charge >= 0.3 is 0 Å². The van der Waals surface area contributed by atoms with Crippen LogP contribution in [0, 0.1) is 11.8 Å². The van der Waals surface area contributed by atoms with Gasteiger partial charge in [0.2, 0.25) is 5.91 Å². The molecule has 0 aromatic rings. The molecule has 0 radical (unpaired) electrons. The summed E-state index contributed by atoms with van der Waals surface area (Å²) in [5.74, 6) is -1.27. The second-order valence-corrected chi connectivity index (χ2v) is 10.3. The van der Waals surface area contributed by atoms with E-state index in [9.17, 15) is 45.6 Å². The van der Waals surface area contributed by atoms with Crippen molar-refractivity contribution in [3.8, 4) is 0 Å². The fraction of sp³-hybridized carbons (Fsp3) is 0.962. The summed E-state index contributed by atoms with van der Waals surface area (Å²) >= 11 is 0. The van der Waals surface area contributed by atoms with Gasteiger partial charge in [0, 0.05) is 24.9 Å². The summed E-state index contributed by atoms with van der Waals surface area (Å²) in [6.45, 7) is -1.63. The van der Waals surface area contributed by atoms with Crippen LogP contribution in [0.2, 0.25) is 0 Å². The third-order valence-electron chi connectivity index (χ3n) is 6.54. The lowest BCUT2D eigenvalue weighted by Gasteiger charge is -2.32.